The summed E-state index contributed by atoms with van der Waals surface area (Å²) in [6.07, 6.45) is -0.104. The number of hydrogen-bond acceptors (Lipinski definition) is 2. The molecular weight excluding hydrogens is 326 g/mol. The average Bonchev–Trinajstić information content (AvgIpc) is 2.42. The number of rotatable bonds is 5. The van der Waals surface area contributed by atoms with Crippen LogP contribution in [0, 0.1) is 0 Å². The smallest absolute Gasteiger partial charge is 0.0952 e. The molecule has 0 fully saturated rings. The topological polar surface area (TPSA) is 35.2 Å². The van der Waals surface area contributed by atoms with Gasteiger partial charge in [-0.15, -0.1) is 0 Å². The number of benzene rings is 2. The highest BCUT2D eigenvalue weighted by Crippen LogP contribution is 2.22. The Labute approximate surface area is 126 Å². The van der Waals surface area contributed by atoms with Gasteiger partial charge in [0.1, 0.15) is 0 Å². The third-order valence-electron chi connectivity index (χ3n) is 2.80. The largest absolute Gasteiger partial charge is 0.368 e. The van der Waals surface area contributed by atoms with Crippen molar-refractivity contribution < 1.29 is 4.74 Å². The van der Waals surface area contributed by atoms with E-state index in [1.54, 1.807) is 0 Å². The standard InChI is InChI=1S/C15H15BrClNO/c16-13-3-1-2-12(8-13)15(9-18)19-10-11-4-6-14(17)7-5-11/h1-8,15H,9-10,18H2. The molecule has 2 rings (SSSR count). The summed E-state index contributed by atoms with van der Waals surface area (Å²) in [4.78, 5) is 0. The fourth-order valence-electron chi connectivity index (χ4n) is 1.78. The first-order chi connectivity index (χ1) is 9.19. The van der Waals surface area contributed by atoms with E-state index in [0.29, 0.717) is 13.2 Å². The van der Waals surface area contributed by atoms with E-state index >= 15 is 0 Å². The maximum Gasteiger partial charge on any atom is 0.0952 e. The minimum atomic E-state index is -0.104. The molecule has 0 amide bonds. The molecule has 0 aliphatic heterocycles. The summed E-state index contributed by atoms with van der Waals surface area (Å²) < 4.78 is 6.90. The Morgan fingerprint density at radius 2 is 1.89 bits per heavy atom. The molecule has 1 unspecified atom stereocenters. The molecule has 0 radical (unpaired) electrons. The maximum absolute atomic E-state index is 5.87. The van der Waals surface area contributed by atoms with Gasteiger partial charge in [-0.1, -0.05) is 51.8 Å². The zero-order chi connectivity index (χ0) is 13.7. The van der Waals surface area contributed by atoms with Crippen LogP contribution in [0.25, 0.3) is 0 Å². The lowest BCUT2D eigenvalue weighted by molar-refractivity contribution is 0.0456. The summed E-state index contributed by atoms with van der Waals surface area (Å²) in [6.45, 7) is 0.968. The zero-order valence-electron chi connectivity index (χ0n) is 10.4. The van der Waals surface area contributed by atoms with Crippen molar-refractivity contribution in [2.75, 3.05) is 6.54 Å². The molecule has 2 aromatic rings. The number of nitrogens with two attached hydrogens (primary N) is 1. The van der Waals surface area contributed by atoms with Crippen molar-refractivity contribution in [3.63, 3.8) is 0 Å². The molecule has 0 aliphatic carbocycles. The summed E-state index contributed by atoms with van der Waals surface area (Å²) >= 11 is 9.30. The molecule has 100 valence electrons. The molecule has 0 saturated carbocycles. The second kappa shape index (κ2) is 7.06. The number of hydrogen-bond donors (Lipinski definition) is 1. The van der Waals surface area contributed by atoms with Gasteiger partial charge in [-0.2, -0.15) is 0 Å². The number of ether oxygens (including phenoxy) is 1. The van der Waals surface area contributed by atoms with E-state index in [0.717, 1.165) is 20.6 Å². The van der Waals surface area contributed by atoms with Crippen LogP contribution in [-0.2, 0) is 11.3 Å². The molecule has 19 heavy (non-hydrogen) atoms. The van der Waals surface area contributed by atoms with Gasteiger partial charge in [0.15, 0.2) is 0 Å². The van der Waals surface area contributed by atoms with Gasteiger partial charge in [-0.05, 0) is 35.4 Å². The van der Waals surface area contributed by atoms with Crippen LogP contribution in [0.3, 0.4) is 0 Å². The molecule has 0 aromatic heterocycles. The third kappa shape index (κ3) is 4.32. The highest BCUT2D eigenvalue weighted by atomic mass is 79.9. The van der Waals surface area contributed by atoms with Gasteiger partial charge in [-0.3, -0.25) is 0 Å². The van der Waals surface area contributed by atoms with Crippen LogP contribution in [0.15, 0.2) is 53.0 Å². The van der Waals surface area contributed by atoms with E-state index in [1.165, 1.54) is 0 Å². The van der Waals surface area contributed by atoms with Gasteiger partial charge in [-0.25, -0.2) is 0 Å². The van der Waals surface area contributed by atoms with Crippen molar-refractivity contribution in [3.8, 4) is 0 Å². The molecule has 2 nitrogen and oxygen atoms in total. The molecule has 2 aromatic carbocycles. The third-order valence-corrected chi connectivity index (χ3v) is 3.54. The first-order valence-electron chi connectivity index (χ1n) is 6.00. The van der Waals surface area contributed by atoms with Crippen LogP contribution in [0.1, 0.15) is 17.2 Å². The normalized spacial score (nSPS) is 12.4. The van der Waals surface area contributed by atoms with Gasteiger partial charge < -0.3 is 10.5 Å². The lowest BCUT2D eigenvalue weighted by Crippen LogP contribution is -2.15. The van der Waals surface area contributed by atoms with Crippen molar-refractivity contribution in [3.05, 3.63) is 69.2 Å². The second-order valence-corrected chi connectivity index (χ2v) is 5.57. The van der Waals surface area contributed by atoms with Crippen molar-refractivity contribution in [1.82, 2.24) is 0 Å². The summed E-state index contributed by atoms with van der Waals surface area (Å²) in [6, 6.07) is 15.6. The maximum atomic E-state index is 5.87. The van der Waals surface area contributed by atoms with Crippen LogP contribution in [-0.4, -0.2) is 6.54 Å². The van der Waals surface area contributed by atoms with Gasteiger partial charge in [0, 0.05) is 16.0 Å². The molecule has 0 spiro atoms. The first-order valence-corrected chi connectivity index (χ1v) is 7.17. The Kier molecular flexibility index (Phi) is 5.40. The molecule has 4 heteroatoms. The van der Waals surface area contributed by atoms with Gasteiger partial charge in [0.05, 0.1) is 12.7 Å². The van der Waals surface area contributed by atoms with E-state index in [-0.39, 0.29) is 6.10 Å². The Morgan fingerprint density at radius 3 is 2.53 bits per heavy atom. The molecule has 0 aliphatic rings. The lowest BCUT2D eigenvalue weighted by Gasteiger charge is -2.17. The summed E-state index contributed by atoms with van der Waals surface area (Å²) in [5.41, 5.74) is 7.94. The molecular formula is C15H15BrClNO. The molecule has 1 atom stereocenters. The minimum Gasteiger partial charge on any atom is -0.368 e. The monoisotopic (exact) mass is 339 g/mol. The van der Waals surface area contributed by atoms with Crippen molar-refractivity contribution in [2.24, 2.45) is 5.73 Å². The Balaban J connectivity index is 2.01. The van der Waals surface area contributed by atoms with E-state index in [1.807, 2.05) is 48.5 Å². The molecule has 0 saturated heterocycles. The van der Waals surface area contributed by atoms with Crippen LogP contribution in [0.4, 0.5) is 0 Å². The fourth-order valence-corrected chi connectivity index (χ4v) is 2.33. The quantitative estimate of drug-likeness (QED) is 0.880. The highest BCUT2D eigenvalue weighted by Gasteiger charge is 2.10. The Morgan fingerprint density at radius 1 is 1.16 bits per heavy atom. The van der Waals surface area contributed by atoms with Crippen LogP contribution >= 0.6 is 27.5 Å². The highest BCUT2D eigenvalue weighted by molar-refractivity contribution is 9.10. The Bertz CT molecular complexity index is 530. The van der Waals surface area contributed by atoms with Gasteiger partial charge >= 0.3 is 0 Å². The fraction of sp³-hybridized carbons (Fsp3) is 0.200. The summed E-state index contributed by atoms with van der Waals surface area (Å²) in [5.74, 6) is 0. The van der Waals surface area contributed by atoms with Crippen LogP contribution in [0.2, 0.25) is 5.02 Å². The Hall–Kier alpha value is -0.870. The van der Waals surface area contributed by atoms with E-state index < -0.39 is 0 Å². The zero-order valence-corrected chi connectivity index (χ0v) is 12.7. The van der Waals surface area contributed by atoms with E-state index in [4.69, 9.17) is 22.1 Å². The van der Waals surface area contributed by atoms with Crippen molar-refractivity contribution >= 4 is 27.5 Å². The summed E-state index contributed by atoms with van der Waals surface area (Å²) in [7, 11) is 0. The lowest BCUT2D eigenvalue weighted by atomic mass is 10.1. The predicted molar refractivity (Wildman–Crippen MR) is 82.2 cm³/mol. The van der Waals surface area contributed by atoms with Crippen molar-refractivity contribution in [1.29, 1.82) is 0 Å². The second-order valence-electron chi connectivity index (χ2n) is 4.22. The first kappa shape index (κ1) is 14.5. The SMILES string of the molecule is NCC(OCc1ccc(Cl)cc1)c1cccc(Br)c1. The number of halogens is 2. The van der Waals surface area contributed by atoms with Crippen LogP contribution in [0.5, 0.6) is 0 Å². The minimum absolute atomic E-state index is 0.104. The van der Waals surface area contributed by atoms with Gasteiger partial charge in [0.2, 0.25) is 0 Å². The average molecular weight is 341 g/mol. The predicted octanol–water partition coefficient (Wildman–Crippen LogP) is 4.32. The van der Waals surface area contributed by atoms with Crippen molar-refractivity contribution in [2.45, 2.75) is 12.7 Å². The molecule has 0 heterocycles. The van der Waals surface area contributed by atoms with Crippen LogP contribution < -0.4 is 5.73 Å². The molecule has 2 N–H and O–H groups in total. The molecule has 0 bridgehead atoms. The van der Waals surface area contributed by atoms with E-state index in [2.05, 4.69) is 15.9 Å². The summed E-state index contributed by atoms with van der Waals surface area (Å²) in [5, 5.41) is 0.728. The van der Waals surface area contributed by atoms with Gasteiger partial charge in [0.25, 0.3) is 0 Å². The van der Waals surface area contributed by atoms with E-state index in [9.17, 15) is 0 Å².